The number of carbonyl (C=O) groups excluding carboxylic acids is 1. The van der Waals surface area contributed by atoms with Gasteiger partial charge in [0.25, 0.3) is 5.91 Å². The number of hydrogen-bond acceptors (Lipinski definition) is 6. The van der Waals surface area contributed by atoms with Crippen molar-refractivity contribution in [1.82, 2.24) is 25.2 Å². The zero-order valence-electron chi connectivity index (χ0n) is 15.1. The Morgan fingerprint density at radius 1 is 1.30 bits per heavy atom. The number of ether oxygens (including phenoxy) is 1. The molecule has 2 fully saturated rings. The van der Waals surface area contributed by atoms with E-state index in [1.54, 1.807) is 0 Å². The van der Waals surface area contributed by atoms with Crippen LogP contribution in [0.15, 0.2) is 28.8 Å². The molecule has 1 aromatic carbocycles. The van der Waals surface area contributed by atoms with E-state index in [0.717, 1.165) is 23.7 Å². The van der Waals surface area contributed by atoms with E-state index in [9.17, 15) is 4.79 Å². The Labute approximate surface area is 155 Å². The summed E-state index contributed by atoms with van der Waals surface area (Å²) in [6.45, 7) is 4.41. The molecule has 1 N–H and O–H groups in total. The third-order valence-corrected chi connectivity index (χ3v) is 5.94. The number of hydrogen-bond donors (Lipinski definition) is 1. The number of H-pyrrole nitrogens is 1. The molecule has 4 heterocycles. The Kier molecular flexibility index (Phi) is 3.75. The number of aryl methyl sites for hydroxylation is 1. The van der Waals surface area contributed by atoms with E-state index in [4.69, 9.17) is 9.26 Å². The number of aromatic nitrogens is 4. The summed E-state index contributed by atoms with van der Waals surface area (Å²) in [5.74, 6) is 1.21. The van der Waals surface area contributed by atoms with Crippen LogP contribution in [-0.2, 0) is 4.74 Å². The van der Waals surface area contributed by atoms with Crippen LogP contribution in [0.3, 0.4) is 0 Å². The van der Waals surface area contributed by atoms with E-state index in [1.807, 2.05) is 36.1 Å². The predicted molar refractivity (Wildman–Crippen MR) is 96.3 cm³/mol. The number of para-hydroxylation sites is 1. The van der Waals surface area contributed by atoms with Crippen LogP contribution in [0.1, 0.15) is 41.0 Å². The van der Waals surface area contributed by atoms with Gasteiger partial charge in [-0.25, -0.2) is 0 Å². The number of aromatic amines is 1. The quantitative estimate of drug-likeness (QED) is 0.746. The van der Waals surface area contributed by atoms with Gasteiger partial charge in [0.1, 0.15) is 0 Å². The van der Waals surface area contributed by atoms with E-state index in [2.05, 4.69) is 20.3 Å². The molecule has 2 saturated heterocycles. The standard InChI is InChI=1S/C19H21N5O3/c1-12-20-17(27-23-12)14-10-24(11-19(14)6-8-26-9-7-19)18(25)16-13-4-2-3-5-15(13)21-22-16/h2-5,14H,6-11H2,1H3,(H,21,22). The molecule has 2 aliphatic rings. The molecule has 0 saturated carbocycles. The first-order valence-electron chi connectivity index (χ1n) is 9.27. The zero-order valence-corrected chi connectivity index (χ0v) is 15.1. The lowest BCUT2D eigenvalue weighted by Gasteiger charge is -2.36. The lowest BCUT2D eigenvalue weighted by atomic mass is 9.72. The number of amides is 1. The molecule has 1 amide bonds. The summed E-state index contributed by atoms with van der Waals surface area (Å²) in [6, 6.07) is 7.69. The van der Waals surface area contributed by atoms with Gasteiger partial charge < -0.3 is 14.2 Å². The summed E-state index contributed by atoms with van der Waals surface area (Å²) >= 11 is 0. The average molecular weight is 367 g/mol. The van der Waals surface area contributed by atoms with Crippen LogP contribution in [0.25, 0.3) is 10.9 Å². The van der Waals surface area contributed by atoms with Gasteiger partial charge in [-0.15, -0.1) is 0 Å². The number of carbonyl (C=O) groups is 1. The first kappa shape index (κ1) is 16.4. The predicted octanol–water partition coefficient (Wildman–Crippen LogP) is 2.29. The second kappa shape index (κ2) is 6.16. The Bertz CT molecular complexity index is 988. The summed E-state index contributed by atoms with van der Waals surface area (Å²) in [5.41, 5.74) is 1.25. The Balaban J connectivity index is 1.49. The second-order valence-electron chi connectivity index (χ2n) is 7.51. The minimum atomic E-state index is -0.0843. The van der Waals surface area contributed by atoms with Gasteiger partial charge in [-0.1, -0.05) is 23.4 Å². The maximum Gasteiger partial charge on any atom is 0.275 e. The van der Waals surface area contributed by atoms with Gasteiger partial charge in [0.2, 0.25) is 5.89 Å². The highest BCUT2D eigenvalue weighted by molar-refractivity contribution is 6.04. The highest BCUT2D eigenvalue weighted by Crippen LogP contribution is 2.49. The third kappa shape index (κ3) is 2.63. The molecule has 140 valence electrons. The van der Waals surface area contributed by atoms with Crippen molar-refractivity contribution in [1.29, 1.82) is 0 Å². The van der Waals surface area contributed by atoms with Crippen LogP contribution in [0.4, 0.5) is 0 Å². The van der Waals surface area contributed by atoms with Gasteiger partial charge in [-0.05, 0) is 25.8 Å². The molecular formula is C19H21N5O3. The Morgan fingerprint density at radius 2 is 2.11 bits per heavy atom. The van der Waals surface area contributed by atoms with Crippen molar-refractivity contribution < 1.29 is 14.1 Å². The van der Waals surface area contributed by atoms with Gasteiger partial charge in [0.15, 0.2) is 11.5 Å². The lowest BCUT2D eigenvalue weighted by Crippen LogP contribution is -2.37. The SMILES string of the molecule is Cc1noc(C2CN(C(=O)c3n[nH]c4ccccc34)CC23CCOCC3)n1. The molecule has 1 spiro atoms. The van der Waals surface area contributed by atoms with Crippen molar-refractivity contribution in [3.8, 4) is 0 Å². The van der Waals surface area contributed by atoms with Crippen LogP contribution in [0.5, 0.6) is 0 Å². The van der Waals surface area contributed by atoms with Gasteiger partial charge in [0, 0.05) is 37.1 Å². The largest absolute Gasteiger partial charge is 0.381 e. The number of likely N-dealkylation sites (tertiary alicyclic amines) is 1. The van der Waals surface area contributed by atoms with Crippen molar-refractivity contribution in [2.45, 2.75) is 25.7 Å². The summed E-state index contributed by atoms with van der Waals surface area (Å²) in [7, 11) is 0. The summed E-state index contributed by atoms with van der Waals surface area (Å²) in [5, 5.41) is 12.0. The first-order chi connectivity index (χ1) is 13.2. The maximum absolute atomic E-state index is 13.3. The number of benzene rings is 1. The monoisotopic (exact) mass is 367 g/mol. The van der Waals surface area contributed by atoms with Crippen molar-refractivity contribution in [2.75, 3.05) is 26.3 Å². The van der Waals surface area contributed by atoms with E-state index in [-0.39, 0.29) is 17.2 Å². The van der Waals surface area contributed by atoms with E-state index in [0.29, 0.717) is 43.7 Å². The van der Waals surface area contributed by atoms with Gasteiger partial charge >= 0.3 is 0 Å². The number of nitrogens with zero attached hydrogens (tertiary/aromatic N) is 4. The van der Waals surface area contributed by atoms with Crippen LogP contribution < -0.4 is 0 Å². The lowest BCUT2D eigenvalue weighted by molar-refractivity contribution is 0.00834. The van der Waals surface area contributed by atoms with Crippen molar-refractivity contribution in [3.05, 3.63) is 41.7 Å². The molecule has 2 aliphatic heterocycles. The van der Waals surface area contributed by atoms with Crippen LogP contribution in [-0.4, -0.2) is 57.4 Å². The van der Waals surface area contributed by atoms with E-state index in [1.165, 1.54) is 0 Å². The molecule has 0 bridgehead atoms. The van der Waals surface area contributed by atoms with Crippen molar-refractivity contribution in [3.63, 3.8) is 0 Å². The summed E-state index contributed by atoms with van der Waals surface area (Å²) in [4.78, 5) is 19.6. The zero-order chi connectivity index (χ0) is 18.4. The normalized spacial score (nSPS) is 22.0. The highest BCUT2D eigenvalue weighted by atomic mass is 16.5. The minimum absolute atomic E-state index is 0.0248. The molecule has 3 aromatic rings. The first-order valence-corrected chi connectivity index (χ1v) is 9.27. The number of fused-ring (bicyclic) bond motifs is 1. The molecule has 0 radical (unpaired) electrons. The molecule has 5 rings (SSSR count). The fraction of sp³-hybridized carbons (Fsp3) is 0.474. The van der Waals surface area contributed by atoms with Gasteiger partial charge in [-0.3, -0.25) is 9.89 Å². The molecule has 1 atom stereocenters. The molecule has 27 heavy (non-hydrogen) atoms. The molecule has 1 unspecified atom stereocenters. The smallest absolute Gasteiger partial charge is 0.275 e. The number of nitrogens with one attached hydrogen (secondary N) is 1. The summed E-state index contributed by atoms with van der Waals surface area (Å²) in [6.07, 6.45) is 1.76. The Hall–Kier alpha value is -2.74. The van der Waals surface area contributed by atoms with Gasteiger partial charge in [0.05, 0.1) is 11.4 Å². The molecule has 0 aliphatic carbocycles. The second-order valence-corrected chi connectivity index (χ2v) is 7.51. The Morgan fingerprint density at radius 3 is 2.89 bits per heavy atom. The van der Waals surface area contributed by atoms with Crippen molar-refractivity contribution in [2.24, 2.45) is 5.41 Å². The minimum Gasteiger partial charge on any atom is -0.381 e. The fourth-order valence-electron chi connectivity index (χ4n) is 4.48. The molecule has 2 aromatic heterocycles. The van der Waals surface area contributed by atoms with Crippen LogP contribution in [0, 0.1) is 12.3 Å². The molecular weight excluding hydrogens is 346 g/mol. The highest BCUT2D eigenvalue weighted by Gasteiger charge is 2.52. The van der Waals surface area contributed by atoms with E-state index < -0.39 is 0 Å². The van der Waals surface area contributed by atoms with Crippen LogP contribution in [0.2, 0.25) is 0 Å². The topological polar surface area (TPSA) is 97.1 Å². The summed E-state index contributed by atoms with van der Waals surface area (Å²) < 4.78 is 11.1. The van der Waals surface area contributed by atoms with E-state index >= 15 is 0 Å². The average Bonchev–Trinajstić information content (AvgIpc) is 3.39. The molecule has 8 heteroatoms. The van der Waals surface area contributed by atoms with Gasteiger partial charge in [-0.2, -0.15) is 10.1 Å². The molecule has 8 nitrogen and oxygen atoms in total. The third-order valence-electron chi connectivity index (χ3n) is 5.94. The van der Waals surface area contributed by atoms with Crippen LogP contribution >= 0.6 is 0 Å². The fourth-order valence-corrected chi connectivity index (χ4v) is 4.48. The van der Waals surface area contributed by atoms with Crippen molar-refractivity contribution >= 4 is 16.8 Å². The maximum atomic E-state index is 13.3. The number of rotatable bonds is 2.